The third-order valence-electron chi connectivity index (χ3n) is 4.32. The van der Waals surface area contributed by atoms with Crippen molar-refractivity contribution in [2.75, 3.05) is 12.4 Å². The molecule has 4 nitrogen and oxygen atoms in total. The van der Waals surface area contributed by atoms with E-state index < -0.39 is 0 Å². The predicted octanol–water partition coefficient (Wildman–Crippen LogP) is 4.79. The van der Waals surface area contributed by atoms with Gasteiger partial charge in [0.05, 0.1) is 5.56 Å². The number of rotatable bonds is 3. The molecule has 1 heterocycles. The van der Waals surface area contributed by atoms with Gasteiger partial charge in [-0.1, -0.05) is 30.1 Å². The van der Waals surface area contributed by atoms with Crippen LogP contribution in [0.15, 0.2) is 18.2 Å². The van der Waals surface area contributed by atoms with E-state index in [2.05, 4.69) is 17.6 Å². The number of anilines is 1. The molecule has 1 aliphatic carbocycles. The molecule has 25 heavy (non-hydrogen) atoms. The predicted molar refractivity (Wildman–Crippen MR) is 103 cm³/mol. The van der Waals surface area contributed by atoms with Crippen LogP contribution < -0.4 is 10.6 Å². The molecular weight excluding hydrogens is 379 g/mol. The zero-order valence-corrected chi connectivity index (χ0v) is 16.2. The van der Waals surface area contributed by atoms with E-state index in [0.717, 1.165) is 24.8 Å². The summed E-state index contributed by atoms with van der Waals surface area (Å²) in [5.41, 5.74) is 2.00. The lowest BCUT2D eigenvalue weighted by Crippen LogP contribution is -2.22. The first-order valence-corrected chi connectivity index (χ1v) is 9.60. The van der Waals surface area contributed by atoms with Crippen molar-refractivity contribution in [2.24, 2.45) is 5.92 Å². The van der Waals surface area contributed by atoms with Crippen molar-refractivity contribution in [1.29, 1.82) is 0 Å². The summed E-state index contributed by atoms with van der Waals surface area (Å²) < 4.78 is 0. The van der Waals surface area contributed by atoms with Crippen LogP contribution >= 0.6 is 34.5 Å². The lowest BCUT2D eigenvalue weighted by atomic mass is 9.88. The Labute approximate surface area is 160 Å². The first-order valence-electron chi connectivity index (χ1n) is 8.03. The number of thiophene rings is 1. The summed E-state index contributed by atoms with van der Waals surface area (Å²) in [4.78, 5) is 26.2. The van der Waals surface area contributed by atoms with Gasteiger partial charge in [-0.05, 0) is 48.9 Å². The first-order chi connectivity index (χ1) is 11.9. The van der Waals surface area contributed by atoms with Gasteiger partial charge in [0.15, 0.2) is 0 Å². The van der Waals surface area contributed by atoms with Crippen molar-refractivity contribution in [2.45, 2.75) is 26.2 Å². The van der Waals surface area contributed by atoms with Crippen LogP contribution in [0, 0.1) is 5.92 Å². The van der Waals surface area contributed by atoms with E-state index in [1.165, 1.54) is 16.2 Å². The van der Waals surface area contributed by atoms with Gasteiger partial charge in [0, 0.05) is 27.5 Å². The number of carbonyl (C=O) groups excluding carboxylic acids is 2. The lowest BCUT2D eigenvalue weighted by molar-refractivity contribution is 0.0963. The first kappa shape index (κ1) is 18.2. The fourth-order valence-corrected chi connectivity index (χ4v) is 4.99. The Balaban J connectivity index is 1.96. The fraction of sp³-hybridized carbons (Fsp3) is 0.333. The van der Waals surface area contributed by atoms with E-state index in [0.29, 0.717) is 32.1 Å². The maximum absolute atomic E-state index is 12.6. The van der Waals surface area contributed by atoms with Gasteiger partial charge in [0.25, 0.3) is 11.8 Å². The minimum absolute atomic E-state index is 0.175. The van der Waals surface area contributed by atoms with E-state index in [9.17, 15) is 9.59 Å². The average Bonchev–Trinajstić information content (AvgIpc) is 2.90. The second-order valence-corrected chi connectivity index (χ2v) is 8.23. The fourth-order valence-electron chi connectivity index (χ4n) is 3.06. The Morgan fingerprint density at radius 3 is 2.48 bits per heavy atom. The standard InChI is InChI=1S/C18H18Cl2N2O2S/c1-9-3-4-13-14(5-9)25-18(15(13)17(24)21-2)22-16(23)10-6-11(19)8-12(20)7-10/h6-9H,3-5H2,1-2H3,(H,21,24)(H,22,23). The third-order valence-corrected chi connectivity index (χ3v) is 5.92. The smallest absolute Gasteiger partial charge is 0.256 e. The molecule has 0 bridgehead atoms. The zero-order chi connectivity index (χ0) is 18.1. The van der Waals surface area contributed by atoms with E-state index in [1.54, 1.807) is 25.2 Å². The summed E-state index contributed by atoms with van der Waals surface area (Å²) in [5, 5.41) is 6.91. The molecule has 2 amide bonds. The van der Waals surface area contributed by atoms with Gasteiger partial charge in [0.1, 0.15) is 5.00 Å². The molecule has 3 rings (SSSR count). The molecule has 0 aliphatic heterocycles. The topological polar surface area (TPSA) is 58.2 Å². The van der Waals surface area contributed by atoms with Crippen LogP contribution in [0.5, 0.6) is 0 Å². The number of amides is 2. The monoisotopic (exact) mass is 396 g/mol. The molecular formula is C18H18Cl2N2O2S. The third kappa shape index (κ3) is 3.84. The Kier molecular flexibility index (Phi) is 5.37. The van der Waals surface area contributed by atoms with Crippen molar-refractivity contribution in [3.05, 3.63) is 49.8 Å². The highest BCUT2D eigenvalue weighted by Crippen LogP contribution is 2.39. The highest BCUT2D eigenvalue weighted by Gasteiger charge is 2.28. The van der Waals surface area contributed by atoms with Crippen LogP contribution in [0.2, 0.25) is 10.0 Å². The van der Waals surface area contributed by atoms with Crippen molar-refractivity contribution in [3.63, 3.8) is 0 Å². The summed E-state index contributed by atoms with van der Waals surface area (Å²) >= 11 is 13.4. The van der Waals surface area contributed by atoms with E-state index in [-0.39, 0.29) is 11.8 Å². The van der Waals surface area contributed by atoms with Gasteiger partial charge in [0.2, 0.25) is 0 Å². The van der Waals surface area contributed by atoms with Gasteiger partial charge in [-0.2, -0.15) is 0 Å². The van der Waals surface area contributed by atoms with Gasteiger partial charge >= 0.3 is 0 Å². The van der Waals surface area contributed by atoms with Crippen molar-refractivity contribution in [1.82, 2.24) is 5.32 Å². The molecule has 1 aromatic carbocycles. The Bertz CT molecular complexity index is 828. The van der Waals surface area contributed by atoms with Crippen LogP contribution in [0.1, 0.15) is 44.5 Å². The Morgan fingerprint density at radius 1 is 1.16 bits per heavy atom. The number of fused-ring (bicyclic) bond motifs is 1. The SMILES string of the molecule is CNC(=O)c1c(NC(=O)c2cc(Cl)cc(Cl)c2)sc2c1CCC(C)C2. The normalized spacial score (nSPS) is 16.2. The van der Waals surface area contributed by atoms with Gasteiger partial charge in [-0.15, -0.1) is 11.3 Å². The van der Waals surface area contributed by atoms with Crippen molar-refractivity contribution >= 4 is 51.4 Å². The summed E-state index contributed by atoms with van der Waals surface area (Å²) in [6, 6.07) is 4.68. The maximum atomic E-state index is 12.6. The van der Waals surface area contributed by atoms with Gasteiger partial charge in [-0.3, -0.25) is 9.59 Å². The summed E-state index contributed by atoms with van der Waals surface area (Å²) in [6.07, 6.45) is 2.84. The quantitative estimate of drug-likeness (QED) is 0.782. The number of halogens is 2. The van der Waals surface area contributed by atoms with Crippen LogP contribution in [-0.4, -0.2) is 18.9 Å². The van der Waals surface area contributed by atoms with Gasteiger partial charge in [-0.25, -0.2) is 0 Å². The number of hydrogen-bond donors (Lipinski definition) is 2. The zero-order valence-electron chi connectivity index (χ0n) is 13.9. The molecule has 1 aromatic heterocycles. The second-order valence-electron chi connectivity index (χ2n) is 6.25. The Morgan fingerprint density at radius 2 is 1.84 bits per heavy atom. The minimum atomic E-state index is -0.332. The van der Waals surface area contributed by atoms with E-state index in [1.807, 2.05) is 0 Å². The summed E-state index contributed by atoms with van der Waals surface area (Å²) in [7, 11) is 1.60. The van der Waals surface area contributed by atoms with Gasteiger partial charge < -0.3 is 10.6 Å². The molecule has 1 atom stereocenters. The van der Waals surface area contributed by atoms with Crippen LogP contribution in [0.4, 0.5) is 5.00 Å². The second kappa shape index (κ2) is 7.36. The molecule has 0 spiro atoms. The molecule has 0 saturated heterocycles. The number of benzene rings is 1. The molecule has 2 aromatic rings. The summed E-state index contributed by atoms with van der Waals surface area (Å²) in [5.74, 6) is 0.0756. The number of carbonyl (C=O) groups is 2. The molecule has 7 heteroatoms. The largest absolute Gasteiger partial charge is 0.355 e. The number of nitrogens with one attached hydrogen (secondary N) is 2. The lowest BCUT2D eigenvalue weighted by Gasteiger charge is -2.18. The molecule has 0 fully saturated rings. The highest BCUT2D eigenvalue weighted by molar-refractivity contribution is 7.17. The minimum Gasteiger partial charge on any atom is -0.355 e. The molecule has 0 saturated carbocycles. The molecule has 132 valence electrons. The number of hydrogen-bond acceptors (Lipinski definition) is 3. The summed E-state index contributed by atoms with van der Waals surface area (Å²) in [6.45, 7) is 2.20. The van der Waals surface area contributed by atoms with Crippen molar-refractivity contribution in [3.8, 4) is 0 Å². The Hall–Kier alpha value is -1.56. The van der Waals surface area contributed by atoms with Crippen LogP contribution in [0.25, 0.3) is 0 Å². The van der Waals surface area contributed by atoms with Crippen LogP contribution in [0.3, 0.4) is 0 Å². The van der Waals surface area contributed by atoms with Crippen molar-refractivity contribution < 1.29 is 9.59 Å². The average molecular weight is 397 g/mol. The molecule has 1 unspecified atom stereocenters. The molecule has 1 aliphatic rings. The van der Waals surface area contributed by atoms with E-state index >= 15 is 0 Å². The maximum Gasteiger partial charge on any atom is 0.256 e. The van der Waals surface area contributed by atoms with E-state index in [4.69, 9.17) is 23.2 Å². The van der Waals surface area contributed by atoms with Crippen LogP contribution in [-0.2, 0) is 12.8 Å². The molecule has 2 N–H and O–H groups in total. The molecule has 0 radical (unpaired) electrons. The highest BCUT2D eigenvalue weighted by atomic mass is 35.5.